The molecule has 1 aromatic carbocycles. The van der Waals surface area contributed by atoms with Gasteiger partial charge in [0, 0.05) is 24.2 Å². The highest BCUT2D eigenvalue weighted by Gasteiger charge is 2.51. The Kier molecular flexibility index (Phi) is 5.13. The number of nitrogens with zero attached hydrogens (tertiary/aromatic N) is 2. The van der Waals surface area contributed by atoms with Gasteiger partial charge in [0.1, 0.15) is 11.5 Å². The molecule has 3 aliphatic rings. The molecular weight excluding hydrogens is 392 g/mol. The molecule has 2 aliphatic carbocycles. The molecule has 5 rings (SSSR count). The van der Waals surface area contributed by atoms with E-state index in [4.69, 9.17) is 4.74 Å². The minimum Gasteiger partial charge on any atom is -0.508 e. The van der Waals surface area contributed by atoms with E-state index in [1.165, 1.54) is 42.8 Å². The smallest absolute Gasteiger partial charge is 0.337 e. The van der Waals surface area contributed by atoms with E-state index in [-0.39, 0.29) is 11.0 Å². The Labute approximate surface area is 182 Å². The monoisotopic (exact) mass is 422 g/mol. The van der Waals surface area contributed by atoms with Crippen molar-refractivity contribution in [3.8, 4) is 11.5 Å². The fourth-order valence-electron chi connectivity index (χ4n) is 5.85. The number of carbonyl (C=O) groups is 1. The number of aromatic nitrogens is 1. The van der Waals surface area contributed by atoms with Crippen molar-refractivity contribution in [3.63, 3.8) is 0 Å². The van der Waals surface area contributed by atoms with Crippen molar-refractivity contribution in [1.82, 2.24) is 9.88 Å². The highest BCUT2D eigenvalue weighted by atomic mass is 16.5. The van der Waals surface area contributed by atoms with Gasteiger partial charge in [-0.15, -0.1) is 0 Å². The third-order valence-corrected chi connectivity index (χ3v) is 7.79. The number of piperidine rings is 1. The molecule has 6 heteroatoms. The van der Waals surface area contributed by atoms with Gasteiger partial charge in [-0.05, 0) is 79.8 Å². The highest BCUT2D eigenvalue weighted by Crippen LogP contribution is 2.52. The molecule has 0 unspecified atom stereocenters. The predicted molar refractivity (Wildman–Crippen MR) is 117 cm³/mol. The van der Waals surface area contributed by atoms with Crippen LogP contribution in [0, 0.1) is 11.8 Å². The summed E-state index contributed by atoms with van der Waals surface area (Å²) in [6, 6.07) is 7.91. The first kappa shape index (κ1) is 20.3. The number of likely N-dealkylation sites (tertiary alicyclic amines) is 1. The Morgan fingerprint density at radius 3 is 2.90 bits per heavy atom. The van der Waals surface area contributed by atoms with Gasteiger partial charge in [0.05, 0.1) is 18.4 Å². The first-order valence-electron chi connectivity index (χ1n) is 11.3. The molecular formula is C25H30N2O4. The number of aromatic carboxylic acids is 1. The number of phenols is 1. The van der Waals surface area contributed by atoms with Crippen molar-refractivity contribution in [2.24, 2.45) is 11.8 Å². The van der Waals surface area contributed by atoms with Gasteiger partial charge in [-0.1, -0.05) is 13.0 Å². The molecule has 2 fully saturated rings. The molecule has 0 spiro atoms. The van der Waals surface area contributed by atoms with Crippen LogP contribution in [0.5, 0.6) is 11.5 Å². The molecule has 1 saturated heterocycles. The molecule has 2 aromatic rings. The zero-order valence-electron chi connectivity index (χ0n) is 18.0. The summed E-state index contributed by atoms with van der Waals surface area (Å²) in [6.07, 6.45) is 8.54. The van der Waals surface area contributed by atoms with Crippen LogP contribution in [-0.2, 0) is 11.8 Å². The number of ether oxygens (including phenoxy) is 1. The Hall–Kier alpha value is -2.60. The lowest BCUT2D eigenvalue weighted by Crippen LogP contribution is -2.59. The second-order valence-electron chi connectivity index (χ2n) is 9.56. The average molecular weight is 423 g/mol. The summed E-state index contributed by atoms with van der Waals surface area (Å²) < 4.78 is 5.98. The summed E-state index contributed by atoms with van der Waals surface area (Å²) >= 11 is 0. The second kappa shape index (κ2) is 7.83. The number of benzene rings is 1. The van der Waals surface area contributed by atoms with Crippen LogP contribution in [0.15, 0.2) is 36.7 Å². The Morgan fingerprint density at radius 2 is 2.13 bits per heavy atom. The van der Waals surface area contributed by atoms with Crippen molar-refractivity contribution in [2.75, 3.05) is 19.7 Å². The molecule has 1 saturated carbocycles. The van der Waals surface area contributed by atoms with E-state index in [9.17, 15) is 15.0 Å². The number of aromatic hydroxyl groups is 1. The molecule has 0 radical (unpaired) electrons. The number of rotatable bonds is 7. The molecule has 2 bridgehead atoms. The summed E-state index contributed by atoms with van der Waals surface area (Å²) in [5.74, 6) is 1.13. The molecule has 1 aliphatic heterocycles. The number of hydrogen-bond acceptors (Lipinski definition) is 5. The normalized spacial score (nSPS) is 27.5. The van der Waals surface area contributed by atoms with Crippen molar-refractivity contribution in [1.29, 1.82) is 0 Å². The summed E-state index contributed by atoms with van der Waals surface area (Å²) in [7, 11) is 0. The number of fused-ring (bicyclic) bond motifs is 4. The fourth-order valence-corrected chi connectivity index (χ4v) is 5.85. The minimum absolute atomic E-state index is 0.0467. The summed E-state index contributed by atoms with van der Waals surface area (Å²) in [4.78, 5) is 17.9. The van der Waals surface area contributed by atoms with Gasteiger partial charge in [0.25, 0.3) is 0 Å². The van der Waals surface area contributed by atoms with Gasteiger partial charge >= 0.3 is 5.97 Å². The van der Waals surface area contributed by atoms with E-state index in [0.29, 0.717) is 30.1 Å². The maximum absolute atomic E-state index is 11.2. The largest absolute Gasteiger partial charge is 0.508 e. The summed E-state index contributed by atoms with van der Waals surface area (Å²) in [5.41, 5.74) is 2.69. The van der Waals surface area contributed by atoms with E-state index >= 15 is 0 Å². The molecule has 1 aromatic heterocycles. The van der Waals surface area contributed by atoms with Gasteiger partial charge < -0.3 is 14.9 Å². The zero-order chi connectivity index (χ0) is 21.6. The van der Waals surface area contributed by atoms with Crippen LogP contribution in [0.2, 0.25) is 0 Å². The van der Waals surface area contributed by atoms with Crippen molar-refractivity contribution >= 4 is 5.97 Å². The third kappa shape index (κ3) is 3.78. The Morgan fingerprint density at radius 1 is 1.29 bits per heavy atom. The topological polar surface area (TPSA) is 82.9 Å². The number of carboxylic acid groups (broad SMARTS) is 1. The van der Waals surface area contributed by atoms with Crippen molar-refractivity contribution in [3.05, 3.63) is 53.3 Å². The number of hydrogen-bond donors (Lipinski definition) is 2. The van der Waals surface area contributed by atoms with Gasteiger partial charge in [0.2, 0.25) is 0 Å². The average Bonchev–Trinajstić information content (AvgIpc) is 3.57. The first-order valence-corrected chi connectivity index (χ1v) is 11.3. The SMILES string of the molecule is C[C@H]1[C@H]2Cc3ccc(O)cc3[C@]1(CCOc1cncc(C(=O)O)c1)CCN2CC1CC1. The summed E-state index contributed by atoms with van der Waals surface area (Å²) in [5, 5.41) is 19.4. The minimum atomic E-state index is -1.01. The molecule has 2 N–H and O–H groups in total. The highest BCUT2D eigenvalue weighted by molar-refractivity contribution is 5.87. The lowest BCUT2D eigenvalue weighted by molar-refractivity contribution is 0.00985. The lowest BCUT2D eigenvalue weighted by atomic mass is 9.56. The quantitative estimate of drug-likeness (QED) is 0.705. The Balaban J connectivity index is 1.39. The van der Waals surface area contributed by atoms with Crippen LogP contribution in [0.25, 0.3) is 0 Å². The standard InChI is InChI=1S/C25H30N2O4/c1-16-23-11-18-4-5-20(28)12-22(18)25(16,6-8-27(23)15-17-2-3-17)7-9-31-21-10-19(24(29)30)13-26-14-21/h4-5,10,12-14,16-17,23,28H,2-3,6-9,11,15H2,1H3,(H,29,30)/t16-,23+,25-/m0/s1. The van der Waals surface area contributed by atoms with Gasteiger partial charge in [0.15, 0.2) is 0 Å². The van der Waals surface area contributed by atoms with Gasteiger partial charge in [-0.2, -0.15) is 0 Å². The van der Waals surface area contributed by atoms with Crippen LogP contribution < -0.4 is 4.74 Å². The van der Waals surface area contributed by atoms with Crippen molar-refractivity contribution < 1.29 is 19.7 Å². The molecule has 3 atom stereocenters. The van der Waals surface area contributed by atoms with Crippen LogP contribution in [0.1, 0.15) is 54.1 Å². The molecule has 2 heterocycles. The van der Waals surface area contributed by atoms with Crippen LogP contribution in [-0.4, -0.2) is 51.8 Å². The predicted octanol–water partition coefficient (Wildman–Crippen LogP) is 3.87. The fraction of sp³-hybridized carbons (Fsp3) is 0.520. The van der Waals surface area contributed by atoms with Crippen LogP contribution in [0.4, 0.5) is 0 Å². The number of phenolic OH excluding ortho intramolecular Hbond substituents is 1. The zero-order valence-corrected chi connectivity index (χ0v) is 18.0. The first-order chi connectivity index (χ1) is 15.0. The van der Waals surface area contributed by atoms with Crippen LogP contribution in [0.3, 0.4) is 0 Å². The van der Waals surface area contributed by atoms with E-state index in [0.717, 1.165) is 31.7 Å². The third-order valence-electron chi connectivity index (χ3n) is 7.79. The van der Waals surface area contributed by atoms with E-state index in [2.05, 4.69) is 22.9 Å². The number of pyridine rings is 1. The maximum atomic E-state index is 11.2. The van der Waals surface area contributed by atoms with Crippen LogP contribution >= 0.6 is 0 Å². The van der Waals surface area contributed by atoms with Gasteiger partial charge in [-0.25, -0.2) is 4.79 Å². The van der Waals surface area contributed by atoms with Gasteiger partial charge in [-0.3, -0.25) is 9.88 Å². The molecule has 0 amide bonds. The lowest BCUT2D eigenvalue weighted by Gasteiger charge is -2.56. The van der Waals surface area contributed by atoms with Crippen molar-refractivity contribution in [2.45, 2.75) is 50.5 Å². The van der Waals surface area contributed by atoms with E-state index in [1.54, 1.807) is 6.20 Å². The number of carboxylic acids is 1. The van der Waals surface area contributed by atoms with E-state index < -0.39 is 5.97 Å². The Bertz CT molecular complexity index is 989. The maximum Gasteiger partial charge on any atom is 0.337 e. The second-order valence-corrected chi connectivity index (χ2v) is 9.56. The molecule has 31 heavy (non-hydrogen) atoms. The summed E-state index contributed by atoms with van der Waals surface area (Å²) in [6.45, 7) is 5.14. The molecule has 6 nitrogen and oxygen atoms in total. The molecule has 164 valence electrons. The van der Waals surface area contributed by atoms with E-state index in [1.807, 2.05) is 12.1 Å².